The molecule has 0 saturated heterocycles. The topological polar surface area (TPSA) is 144 Å². The number of hydrogen-bond acceptors (Lipinski definition) is 6. The smallest absolute Gasteiger partial charge is 0.323 e. The number of likely N-dealkylation sites (N-methyl/N-ethyl adjacent to an activating group) is 1. The SMILES string of the molecule is CN(CC(=O)O)C(=O)c1cccc(NC2=NS(=O)N=C2NC(c2ccccc2)C(C)(C)C)c1O. The highest BCUT2D eigenvalue weighted by molar-refractivity contribution is 7.83. The van der Waals surface area contributed by atoms with Crippen molar-refractivity contribution in [1.82, 2.24) is 10.2 Å². The molecule has 2 aromatic rings. The van der Waals surface area contributed by atoms with Crippen molar-refractivity contribution in [3.8, 4) is 5.75 Å². The highest BCUT2D eigenvalue weighted by atomic mass is 32.2. The minimum atomic E-state index is -1.86. The van der Waals surface area contributed by atoms with Crippen molar-refractivity contribution in [3.05, 3.63) is 59.7 Å². The third-order valence-corrected chi connectivity index (χ3v) is 5.76. The Morgan fingerprint density at radius 3 is 2.32 bits per heavy atom. The molecule has 0 aromatic heterocycles. The number of para-hydroxylation sites is 1. The molecule has 0 saturated carbocycles. The lowest BCUT2D eigenvalue weighted by molar-refractivity contribution is -0.137. The first-order chi connectivity index (χ1) is 16.0. The second kappa shape index (κ2) is 10.0. The van der Waals surface area contributed by atoms with Crippen LogP contribution in [0.3, 0.4) is 0 Å². The van der Waals surface area contributed by atoms with E-state index in [1.165, 1.54) is 25.2 Å². The lowest BCUT2D eigenvalue weighted by atomic mass is 9.82. The van der Waals surface area contributed by atoms with Crippen molar-refractivity contribution in [2.24, 2.45) is 14.2 Å². The van der Waals surface area contributed by atoms with Crippen molar-refractivity contribution >= 4 is 40.4 Å². The number of rotatable bonds is 6. The number of aromatic hydroxyl groups is 1. The molecule has 2 unspecified atom stereocenters. The third-order valence-electron chi connectivity index (χ3n) is 5.08. The van der Waals surface area contributed by atoms with Crippen LogP contribution in [0.15, 0.2) is 57.3 Å². The van der Waals surface area contributed by atoms with E-state index < -0.39 is 29.6 Å². The van der Waals surface area contributed by atoms with Crippen LogP contribution in [0.5, 0.6) is 5.75 Å². The Hall–Kier alpha value is -3.73. The van der Waals surface area contributed by atoms with E-state index in [4.69, 9.17) is 5.11 Å². The molecule has 180 valence electrons. The largest absolute Gasteiger partial charge is 0.505 e. The van der Waals surface area contributed by atoms with Crippen molar-refractivity contribution in [1.29, 1.82) is 0 Å². The van der Waals surface area contributed by atoms with Gasteiger partial charge in [-0.1, -0.05) is 57.2 Å². The normalized spacial score (nSPS) is 16.3. The fraction of sp³-hybridized carbons (Fsp3) is 0.304. The van der Waals surface area contributed by atoms with Crippen LogP contribution < -0.4 is 10.6 Å². The van der Waals surface area contributed by atoms with E-state index in [1.54, 1.807) is 0 Å². The van der Waals surface area contributed by atoms with Gasteiger partial charge in [-0.2, -0.15) is 0 Å². The summed E-state index contributed by atoms with van der Waals surface area (Å²) in [5, 5.41) is 25.8. The first kappa shape index (κ1) is 24.9. The number of phenolic OH excluding ortho intramolecular Hbond substituents is 1. The van der Waals surface area contributed by atoms with Gasteiger partial charge in [0.1, 0.15) is 6.54 Å². The summed E-state index contributed by atoms with van der Waals surface area (Å²) in [5.74, 6) is -1.83. The molecule has 10 nitrogen and oxygen atoms in total. The van der Waals surface area contributed by atoms with Crippen molar-refractivity contribution in [3.63, 3.8) is 0 Å². The molecule has 0 bridgehead atoms. The minimum absolute atomic E-state index is 0.0863. The van der Waals surface area contributed by atoms with Crippen LogP contribution in [0.25, 0.3) is 0 Å². The molecule has 0 aliphatic carbocycles. The first-order valence-corrected chi connectivity index (χ1v) is 11.5. The van der Waals surface area contributed by atoms with E-state index in [0.717, 1.165) is 10.5 Å². The van der Waals surface area contributed by atoms with Crippen molar-refractivity contribution < 1.29 is 24.0 Å². The van der Waals surface area contributed by atoms with Gasteiger partial charge in [0, 0.05) is 7.05 Å². The summed E-state index contributed by atoms with van der Waals surface area (Å²) in [6.07, 6.45) is 0. The number of nitrogens with one attached hydrogen (secondary N) is 2. The number of amides is 1. The summed E-state index contributed by atoms with van der Waals surface area (Å²) in [7, 11) is 1.32. The monoisotopic (exact) mass is 485 g/mol. The molecular weight excluding hydrogens is 458 g/mol. The van der Waals surface area contributed by atoms with E-state index in [9.17, 15) is 18.9 Å². The van der Waals surface area contributed by atoms with Gasteiger partial charge in [0.15, 0.2) is 17.4 Å². The van der Waals surface area contributed by atoms with Gasteiger partial charge in [-0.15, -0.1) is 8.80 Å². The molecule has 1 amide bonds. The van der Waals surface area contributed by atoms with Gasteiger partial charge in [0.2, 0.25) is 0 Å². The Morgan fingerprint density at radius 2 is 1.71 bits per heavy atom. The van der Waals surface area contributed by atoms with Gasteiger partial charge >= 0.3 is 5.97 Å². The average Bonchev–Trinajstić information content (AvgIpc) is 3.11. The molecule has 1 aliphatic heterocycles. The van der Waals surface area contributed by atoms with Crippen molar-refractivity contribution in [2.45, 2.75) is 26.8 Å². The molecule has 34 heavy (non-hydrogen) atoms. The summed E-state index contributed by atoms with van der Waals surface area (Å²) < 4.78 is 20.2. The summed E-state index contributed by atoms with van der Waals surface area (Å²) >= 11 is -1.86. The predicted octanol–water partition coefficient (Wildman–Crippen LogP) is 2.73. The van der Waals surface area contributed by atoms with Gasteiger partial charge in [0.05, 0.1) is 17.3 Å². The van der Waals surface area contributed by atoms with E-state index in [1.807, 2.05) is 30.3 Å². The maximum atomic E-state index is 12.6. The van der Waals surface area contributed by atoms with Gasteiger partial charge in [-0.3, -0.25) is 9.59 Å². The molecule has 0 radical (unpaired) electrons. The van der Waals surface area contributed by atoms with Crippen LogP contribution in [-0.4, -0.2) is 56.5 Å². The Balaban J connectivity index is 1.86. The zero-order chi connectivity index (χ0) is 25.0. The quantitative estimate of drug-likeness (QED) is 0.461. The summed E-state index contributed by atoms with van der Waals surface area (Å²) in [6.45, 7) is 5.66. The summed E-state index contributed by atoms with van der Waals surface area (Å²) in [4.78, 5) is 24.5. The zero-order valence-electron chi connectivity index (χ0n) is 19.3. The average molecular weight is 486 g/mol. The van der Waals surface area contributed by atoms with E-state index in [0.29, 0.717) is 0 Å². The van der Waals surface area contributed by atoms with Crippen LogP contribution >= 0.6 is 0 Å². The number of phenols is 1. The maximum absolute atomic E-state index is 12.6. The second-order valence-electron chi connectivity index (χ2n) is 8.85. The van der Waals surface area contributed by atoms with Gasteiger partial charge in [-0.25, -0.2) is 4.21 Å². The van der Waals surface area contributed by atoms with Gasteiger partial charge in [0.25, 0.3) is 17.1 Å². The summed E-state index contributed by atoms with van der Waals surface area (Å²) in [5.41, 5.74) is 0.819. The van der Waals surface area contributed by atoms with Crippen LogP contribution in [0, 0.1) is 5.41 Å². The zero-order valence-corrected chi connectivity index (χ0v) is 20.1. The molecule has 4 N–H and O–H groups in total. The van der Waals surface area contributed by atoms with E-state index >= 15 is 0 Å². The van der Waals surface area contributed by atoms with E-state index in [2.05, 4.69) is 40.2 Å². The molecule has 0 fully saturated rings. The molecule has 1 heterocycles. The second-order valence-corrected chi connectivity index (χ2v) is 9.67. The number of nitrogens with zero attached hydrogens (tertiary/aromatic N) is 3. The minimum Gasteiger partial charge on any atom is -0.505 e. The Bertz CT molecular complexity index is 1170. The van der Waals surface area contributed by atoms with Crippen LogP contribution in [0.1, 0.15) is 42.7 Å². The lowest BCUT2D eigenvalue weighted by Gasteiger charge is -2.32. The molecule has 11 heteroatoms. The highest BCUT2D eigenvalue weighted by Crippen LogP contribution is 2.33. The molecule has 2 aromatic carbocycles. The van der Waals surface area contributed by atoms with Crippen LogP contribution in [0.4, 0.5) is 5.69 Å². The van der Waals surface area contributed by atoms with Gasteiger partial charge < -0.3 is 25.7 Å². The number of carboxylic acids is 1. The number of amidine groups is 2. The number of carbonyl (C=O) groups excluding carboxylic acids is 1. The Morgan fingerprint density at radius 1 is 1.06 bits per heavy atom. The number of hydrogen-bond donors (Lipinski definition) is 4. The molecule has 3 rings (SSSR count). The first-order valence-electron chi connectivity index (χ1n) is 10.4. The fourth-order valence-electron chi connectivity index (χ4n) is 3.45. The third kappa shape index (κ3) is 5.79. The van der Waals surface area contributed by atoms with Crippen LogP contribution in [0.2, 0.25) is 0 Å². The Labute approximate surface area is 200 Å². The molecule has 1 aliphatic rings. The summed E-state index contributed by atoms with van der Waals surface area (Å²) in [6, 6.07) is 14.0. The molecule has 0 spiro atoms. The standard InChI is InChI=1S/C23H27N5O5S/c1-23(2,3)19(14-9-6-5-7-10-14)25-21-20(26-34(33)27-21)24-16-12-8-11-15(18(16)31)22(32)28(4)13-17(29)30/h5-12,19,31H,13H2,1-4H3,(H,24,26)(H,25,27)(H,29,30). The predicted molar refractivity (Wildman–Crippen MR) is 131 cm³/mol. The highest BCUT2D eigenvalue weighted by Gasteiger charge is 2.31. The maximum Gasteiger partial charge on any atom is 0.323 e. The molecular formula is C23H27N5O5S. The number of carboxylic acid groups (broad SMARTS) is 1. The Kier molecular flexibility index (Phi) is 7.35. The van der Waals surface area contributed by atoms with Crippen LogP contribution in [-0.2, 0) is 16.0 Å². The number of benzene rings is 2. The number of anilines is 1. The van der Waals surface area contributed by atoms with E-state index in [-0.39, 0.29) is 40.1 Å². The number of aliphatic carboxylic acids is 1. The van der Waals surface area contributed by atoms with Gasteiger partial charge in [-0.05, 0) is 23.1 Å². The molecule has 2 atom stereocenters. The lowest BCUT2D eigenvalue weighted by Crippen LogP contribution is -2.41. The van der Waals surface area contributed by atoms with Crippen molar-refractivity contribution in [2.75, 3.05) is 18.9 Å². The number of carbonyl (C=O) groups is 2. The fourth-order valence-corrected chi connectivity index (χ4v) is 4.07.